The first-order valence-electron chi connectivity index (χ1n) is 6.09. The normalized spacial score (nSPS) is 12.0. The standard InChI is InChI=1S/C14H20O4/c1-4-17-14(16)12-5-6-13(11(3)7-12)18-9-10(2)8-15/h5-7,10,15H,4,8-9H2,1-3H3. The highest BCUT2D eigenvalue weighted by molar-refractivity contribution is 5.89. The van der Waals surface area contributed by atoms with Crippen LogP contribution in [0.1, 0.15) is 29.8 Å². The minimum absolute atomic E-state index is 0.0918. The Morgan fingerprint density at radius 1 is 1.44 bits per heavy atom. The van der Waals surface area contributed by atoms with Crippen molar-refractivity contribution in [1.29, 1.82) is 0 Å². The molecule has 1 aromatic carbocycles. The maximum atomic E-state index is 11.5. The number of aliphatic hydroxyl groups excluding tert-OH is 1. The molecule has 0 heterocycles. The molecule has 0 aliphatic carbocycles. The minimum atomic E-state index is -0.323. The van der Waals surface area contributed by atoms with Crippen molar-refractivity contribution >= 4 is 5.97 Å². The molecule has 4 heteroatoms. The molecule has 1 aromatic rings. The van der Waals surface area contributed by atoms with E-state index >= 15 is 0 Å². The van der Waals surface area contributed by atoms with E-state index in [1.54, 1.807) is 25.1 Å². The summed E-state index contributed by atoms with van der Waals surface area (Å²) >= 11 is 0. The number of ether oxygens (including phenoxy) is 2. The van der Waals surface area contributed by atoms with Crippen molar-refractivity contribution < 1.29 is 19.4 Å². The zero-order chi connectivity index (χ0) is 13.5. The number of esters is 1. The molecule has 0 spiro atoms. The summed E-state index contributed by atoms with van der Waals surface area (Å²) in [5.41, 5.74) is 1.41. The van der Waals surface area contributed by atoms with Crippen LogP contribution in [0.25, 0.3) is 0 Å². The van der Waals surface area contributed by atoms with Gasteiger partial charge < -0.3 is 14.6 Å². The molecule has 1 atom stereocenters. The van der Waals surface area contributed by atoms with Gasteiger partial charge in [0.15, 0.2) is 0 Å². The van der Waals surface area contributed by atoms with Gasteiger partial charge in [0, 0.05) is 12.5 Å². The number of hydrogen-bond acceptors (Lipinski definition) is 4. The quantitative estimate of drug-likeness (QED) is 0.788. The first-order valence-corrected chi connectivity index (χ1v) is 6.09. The summed E-state index contributed by atoms with van der Waals surface area (Å²) in [4.78, 5) is 11.5. The van der Waals surface area contributed by atoms with Gasteiger partial charge in [0.2, 0.25) is 0 Å². The van der Waals surface area contributed by atoms with Gasteiger partial charge in [0.05, 0.1) is 18.8 Å². The van der Waals surface area contributed by atoms with Crippen LogP contribution in [0, 0.1) is 12.8 Å². The molecule has 0 aliphatic heterocycles. The Morgan fingerprint density at radius 2 is 2.17 bits per heavy atom. The monoisotopic (exact) mass is 252 g/mol. The van der Waals surface area contributed by atoms with Gasteiger partial charge in [0.25, 0.3) is 0 Å². The smallest absolute Gasteiger partial charge is 0.338 e. The number of carbonyl (C=O) groups is 1. The Hall–Kier alpha value is -1.55. The molecule has 18 heavy (non-hydrogen) atoms. The molecule has 1 unspecified atom stereocenters. The van der Waals surface area contributed by atoms with Gasteiger partial charge in [-0.2, -0.15) is 0 Å². The third-order valence-electron chi connectivity index (χ3n) is 2.52. The van der Waals surface area contributed by atoms with E-state index in [-0.39, 0.29) is 18.5 Å². The number of rotatable bonds is 6. The zero-order valence-electron chi connectivity index (χ0n) is 11.1. The van der Waals surface area contributed by atoms with Gasteiger partial charge in [0.1, 0.15) is 5.75 Å². The van der Waals surface area contributed by atoms with Crippen molar-refractivity contribution in [1.82, 2.24) is 0 Å². The third kappa shape index (κ3) is 4.04. The van der Waals surface area contributed by atoms with Gasteiger partial charge in [-0.15, -0.1) is 0 Å². The summed E-state index contributed by atoms with van der Waals surface area (Å²) in [6, 6.07) is 5.19. The highest BCUT2D eigenvalue weighted by Crippen LogP contribution is 2.20. The summed E-state index contributed by atoms with van der Waals surface area (Å²) < 4.78 is 10.5. The Bertz CT molecular complexity index is 401. The SMILES string of the molecule is CCOC(=O)c1ccc(OCC(C)CO)c(C)c1. The second-order valence-electron chi connectivity index (χ2n) is 4.30. The Labute approximate surface area is 108 Å². The van der Waals surface area contributed by atoms with Crippen LogP contribution in [0.15, 0.2) is 18.2 Å². The van der Waals surface area contributed by atoms with Gasteiger partial charge in [-0.3, -0.25) is 0 Å². The molecule has 0 aliphatic rings. The van der Waals surface area contributed by atoms with Crippen molar-refractivity contribution in [3.63, 3.8) is 0 Å². The van der Waals surface area contributed by atoms with E-state index in [2.05, 4.69) is 0 Å². The lowest BCUT2D eigenvalue weighted by molar-refractivity contribution is 0.0526. The summed E-state index contributed by atoms with van der Waals surface area (Å²) in [6.45, 7) is 6.47. The van der Waals surface area contributed by atoms with Crippen molar-refractivity contribution in [2.45, 2.75) is 20.8 Å². The van der Waals surface area contributed by atoms with E-state index < -0.39 is 0 Å². The van der Waals surface area contributed by atoms with E-state index in [1.807, 2.05) is 13.8 Å². The maximum Gasteiger partial charge on any atom is 0.338 e. The van der Waals surface area contributed by atoms with Crippen LogP contribution < -0.4 is 4.74 Å². The Morgan fingerprint density at radius 3 is 2.72 bits per heavy atom. The number of aliphatic hydroxyl groups is 1. The predicted octanol–water partition coefficient (Wildman–Crippen LogP) is 2.18. The summed E-state index contributed by atoms with van der Waals surface area (Å²) in [5.74, 6) is 0.494. The summed E-state index contributed by atoms with van der Waals surface area (Å²) in [7, 11) is 0. The topological polar surface area (TPSA) is 55.8 Å². The fourth-order valence-corrected chi connectivity index (χ4v) is 1.44. The van der Waals surface area contributed by atoms with Crippen LogP contribution in [0.2, 0.25) is 0 Å². The van der Waals surface area contributed by atoms with E-state index in [4.69, 9.17) is 14.6 Å². The Balaban J connectivity index is 2.70. The van der Waals surface area contributed by atoms with Crippen LogP contribution >= 0.6 is 0 Å². The predicted molar refractivity (Wildman–Crippen MR) is 68.9 cm³/mol. The van der Waals surface area contributed by atoms with E-state index in [0.717, 1.165) is 11.3 Å². The van der Waals surface area contributed by atoms with Gasteiger partial charge in [-0.25, -0.2) is 4.79 Å². The fraction of sp³-hybridized carbons (Fsp3) is 0.500. The highest BCUT2D eigenvalue weighted by atomic mass is 16.5. The van der Waals surface area contributed by atoms with E-state index in [1.165, 1.54) is 0 Å². The van der Waals surface area contributed by atoms with Crippen LogP contribution in [-0.2, 0) is 4.74 Å². The van der Waals surface area contributed by atoms with Gasteiger partial charge >= 0.3 is 5.97 Å². The largest absolute Gasteiger partial charge is 0.493 e. The Kier molecular flexibility index (Phi) is 5.65. The molecule has 4 nitrogen and oxygen atoms in total. The number of carbonyl (C=O) groups excluding carboxylic acids is 1. The molecule has 0 bridgehead atoms. The van der Waals surface area contributed by atoms with Gasteiger partial charge in [-0.05, 0) is 37.6 Å². The first kappa shape index (κ1) is 14.5. The average molecular weight is 252 g/mol. The molecule has 1 N–H and O–H groups in total. The van der Waals surface area contributed by atoms with Crippen LogP contribution in [0.4, 0.5) is 0 Å². The molecule has 0 saturated carbocycles. The second-order valence-corrected chi connectivity index (χ2v) is 4.30. The van der Waals surface area contributed by atoms with Crippen molar-refractivity contribution in [3.8, 4) is 5.75 Å². The molecule has 0 fully saturated rings. The summed E-state index contributed by atoms with van der Waals surface area (Å²) in [6.07, 6.45) is 0. The average Bonchev–Trinajstić information content (AvgIpc) is 2.37. The third-order valence-corrected chi connectivity index (χ3v) is 2.52. The molecular formula is C14H20O4. The minimum Gasteiger partial charge on any atom is -0.493 e. The summed E-state index contributed by atoms with van der Waals surface area (Å²) in [5, 5.41) is 8.92. The van der Waals surface area contributed by atoms with Crippen molar-refractivity contribution in [3.05, 3.63) is 29.3 Å². The van der Waals surface area contributed by atoms with Crippen LogP contribution in [-0.4, -0.2) is 30.9 Å². The van der Waals surface area contributed by atoms with E-state index in [9.17, 15) is 4.79 Å². The number of aryl methyl sites for hydroxylation is 1. The lowest BCUT2D eigenvalue weighted by atomic mass is 10.1. The molecular weight excluding hydrogens is 232 g/mol. The van der Waals surface area contributed by atoms with Crippen LogP contribution in [0.3, 0.4) is 0 Å². The second kappa shape index (κ2) is 7.01. The highest BCUT2D eigenvalue weighted by Gasteiger charge is 2.09. The molecule has 100 valence electrons. The van der Waals surface area contributed by atoms with Gasteiger partial charge in [-0.1, -0.05) is 6.92 Å². The van der Waals surface area contributed by atoms with Crippen molar-refractivity contribution in [2.75, 3.05) is 19.8 Å². The molecule has 0 radical (unpaired) electrons. The lowest BCUT2D eigenvalue weighted by Gasteiger charge is -2.13. The molecule has 0 amide bonds. The fourth-order valence-electron chi connectivity index (χ4n) is 1.44. The first-order chi connectivity index (χ1) is 8.58. The maximum absolute atomic E-state index is 11.5. The zero-order valence-corrected chi connectivity index (χ0v) is 11.1. The number of hydrogen-bond donors (Lipinski definition) is 1. The molecule has 0 aromatic heterocycles. The van der Waals surface area contributed by atoms with Crippen molar-refractivity contribution in [2.24, 2.45) is 5.92 Å². The van der Waals surface area contributed by atoms with E-state index in [0.29, 0.717) is 18.8 Å². The molecule has 1 rings (SSSR count). The number of benzene rings is 1. The molecule has 0 saturated heterocycles. The lowest BCUT2D eigenvalue weighted by Crippen LogP contribution is -2.13. The van der Waals surface area contributed by atoms with Crippen LogP contribution in [0.5, 0.6) is 5.75 Å².